The molecule has 4 nitrogen and oxygen atoms in total. The lowest BCUT2D eigenvalue weighted by molar-refractivity contribution is -0.123. The Balaban J connectivity index is 0.00000182. The van der Waals surface area contributed by atoms with Crippen molar-refractivity contribution in [2.24, 2.45) is 0 Å². The van der Waals surface area contributed by atoms with Gasteiger partial charge in [-0.25, -0.2) is 8.78 Å². The van der Waals surface area contributed by atoms with Gasteiger partial charge in [-0.2, -0.15) is 0 Å². The van der Waals surface area contributed by atoms with Crippen LogP contribution in [0.25, 0.3) is 0 Å². The van der Waals surface area contributed by atoms with Crippen LogP contribution in [0.1, 0.15) is 43.2 Å². The maximum Gasteiger partial charge on any atom is 0.262 e. The van der Waals surface area contributed by atoms with Crippen LogP contribution in [0.3, 0.4) is 0 Å². The minimum absolute atomic E-state index is 0. The highest BCUT2D eigenvalue weighted by molar-refractivity contribution is 5.85. The average molecular weight is 424 g/mol. The number of hydrogen-bond acceptors (Lipinski definition) is 3. The first-order chi connectivity index (χ1) is 12.0. The number of carbonyl (C=O) groups is 1. The van der Waals surface area contributed by atoms with Crippen LogP contribution in [-0.4, -0.2) is 42.4 Å². The Morgan fingerprint density at radius 2 is 1.81 bits per heavy atom. The maximum absolute atomic E-state index is 13.2. The van der Waals surface area contributed by atoms with Gasteiger partial charge in [0.05, 0.1) is 12.6 Å². The van der Waals surface area contributed by atoms with E-state index in [1.54, 1.807) is 0 Å². The Labute approximate surface area is 172 Å². The fourth-order valence-electron chi connectivity index (χ4n) is 3.60. The van der Waals surface area contributed by atoms with Gasteiger partial charge >= 0.3 is 0 Å². The summed E-state index contributed by atoms with van der Waals surface area (Å²) in [4.78, 5) is 14.5. The van der Waals surface area contributed by atoms with Crippen LogP contribution in [0, 0.1) is 0 Å². The Morgan fingerprint density at radius 3 is 2.44 bits per heavy atom. The fraction of sp³-hybridized carbons (Fsp3) is 0.632. The molecule has 2 aliphatic heterocycles. The van der Waals surface area contributed by atoms with E-state index < -0.39 is 24.9 Å². The number of hydrogen-bond donors (Lipinski definition) is 2. The summed E-state index contributed by atoms with van der Waals surface area (Å²) in [6.07, 6.45) is 4.73. The van der Waals surface area contributed by atoms with E-state index >= 15 is 0 Å². The molecule has 27 heavy (non-hydrogen) atoms. The minimum atomic E-state index is -2.78. The summed E-state index contributed by atoms with van der Waals surface area (Å²) >= 11 is 0. The molecular formula is C19H29Cl2F2N3O. The molecule has 2 saturated heterocycles. The first-order valence-electron chi connectivity index (χ1n) is 9.21. The van der Waals surface area contributed by atoms with Gasteiger partial charge in [-0.15, -0.1) is 24.8 Å². The van der Waals surface area contributed by atoms with Crippen LogP contribution in [0.15, 0.2) is 24.3 Å². The van der Waals surface area contributed by atoms with Crippen molar-refractivity contribution < 1.29 is 13.6 Å². The molecule has 0 radical (unpaired) electrons. The number of amides is 1. The molecule has 1 amide bonds. The third-order valence-corrected chi connectivity index (χ3v) is 4.99. The van der Waals surface area contributed by atoms with E-state index in [4.69, 9.17) is 0 Å². The van der Waals surface area contributed by atoms with Crippen molar-refractivity contribution in [2.45, 2.75) is 57.2 Å². The number of rotatable bonds is 5. The number of likely N-dealkylation sites (tertiary alicyclic amines) is 1. The van der Waals surface area contributed by atoms with Crippen molar-refractivity contribution >= 4 is 30.7 Å². The fourth-order valence-corrected chi connectivity index (χ4v) is 3.60. The van der Waals surface area contributed by atoms with Gasteiger partial charge < -0.3 is 5.32 Å². The second-order valence-electron chi connectivity index (χ2n) is 7.22. The molecule has 3 rings (SSSR count). The quantitative estimate of drug-likeness (QED) is 0.761. The highest BCUT2D eigenvalue weighted by Crippen LogP contribution is 2.25. The van der Waals surface area contributed by atoms with Gasteiger partial charge in [0, 0.05) is 19.5 Å². The van der Waals surface area contributed by atoms with E-state index in [0.717, 1.165) is 25.2 Å². The zero-order valence-electron chi connectivity index (χ0n) is 15.4. The highest BCUT2D eigenvalue weighted by atomic mass is 35.5. The van der Waals surface area contributed by atoms with E-state index in [2.05, 4.69) is 27.7 Å². The second kappa shape index (κ2) is 11.1. The van der Waals surface area contributed by atoms with Crippen molar-refractivity contribution in [3.63, 3.8) is 0 Å². The molecule has 0 saturated carbocycles. The molecule has 0 bridgehead atoms. The molecule has 1 aromatic rings. The second-order valence-corrected chi connectivity index (χ2v) is 7.22. The number of nitrogens with one attached hydrogen (secondary N) is 2. The monoisotopic (exact) mass is 423 g/mol. The summed E-state index contributed by atoms with van der Waals surface area (Å²) in [6, 6.07) is 7.37. The van der Waals surface area contributed by atoms with Crippen molar-refractivity contribution in [2.75, 3.05) is 19.6 Å². The van der Waals surface area contributed by atoms with Gasteiger partial charge in [0.2, 0.25) is 5.91 Å². The number of benzene rings is 1. The number of carbonyl (C=O) groups excluding carboxylic acids is 1. The van der Waals surface area contributed by atoms with Crippen molar-refractivity contribution in [3.8, 4) is 0 Å². The molecule has 1 atom stereocenters. The lowest BCUT2D eigenvalue weighted by Crippen LogP contribution is -2.40. The molecule has 154 valence electrons. The summed E-state index contributed by atoms with van der Waals surface area (Å²) in [7, 11) is 0. The third-order valence-electron chi connectivity index (χ3n) is 4.99. The summed E-state index contributed by atoms with van der Waals surface area (Å²) in [5.41, 5.74) is 2.24. The molecule has 0 aliphatic carbocycles. The van der Waals surface area contributed by atoms with Crippen molar-refractivity contribution in [3.05, 3.63) is 35.4 Å². The highest BCUT2D eigenvalue weighted by Gasteiger charge is 2.42. The van der Waals surface area contributed by atoms with Crippen LogP contribution in [-0.2, 0) is 17.9 Å². The Morgan fingerprint density at radius 1 is 1.15 bits per heavy atom. The molecule has 0 spiro atoms. The zero-order chi connectivity index (χ0) is 17.7. The number of halogens is 4. The van der Waals surface area contributed by atoms with Crippen LogP contribution in [0.2, 0.25) is 0 Å². The van der Waals surface area contributed by atoms with E-state index in [0.29, 0.717) is 6.54 Å². The topological polar surface area (TPSA) is 44.4 Å². The lowest BCUT2D eigenvalue weighted by Gasteiger charge is -2.20. The predicted molar refractivity (Wildman–Crippen MR) is 108 cm³/mol. The lowest BCUT2D eigenvalue weighted by atomic mass is 10.1. The molecule has 2 fully saturated rings. The van der Waals surface area contributed by atoms with Crippen molar-refractivity contribution in [1.82, 2.24) is 15.5 Å². The first kappa shape index (κ1) is 24.1. The average Bonchev–Trinajstić information content (AvgIpc) is 2.79. The van der Waals surface area contributed by atoms with Gasteiger partial charge in [-0.1, -0.05) is 37.1 Å². The smallest absolute Gasteiger partial charge is 0.262 e. The molecule has 2 heterocycles. The summed E-state index contributed by atoms with van der Waals surface area (Å²) in [5, 5.41) is 5.36. The Bertz CT molecular complexity index is 596. The number of nitrogens with zero attached hydrogens (tertiary/aromatic N) is 1. The molecule has 2 aliphatic rings. The Kier molecular flexibility index (Phi) is 9.95. The molecule has 2 N–H and O–H groups in total. The van der Waals surface area contributed by atoms with E-state index in [1.807, 2.05) is 12.1 Å². The summed E-state index contributed by atoms with van der Waals surface area (Å²) in [6.45, 7) is 3.16. The van der Waals surface area contributed by atoms with Crippen LogP contribution in [0.5, 0.6) is 0 Å². The number of alkyl halides is 2. The molecular weight excluding hydrogens is 395 g/mol. The normalized spacial score (nSPS) is 22.2. The Hall–Kier alpha value is -0.950. The van der Waals surface area contributed by atoms with Crippen molar-refractivity contribution in [1.29, 1.82) is 0 Å². The van der Waals surface area contributed by atoms with Gasteiger partial charge in [0.25, 0.3) is 5.92 Å². The molecule has 0 aromatic heterocycles. The van der Waals surface area contributed by atoms with E-state index in [9.17, 15) is 13.6 Å². The van der Waals surface area contributed by atoms with Gasteiger partial charge in [-0.3, -0.25) is 15.0 Å². The summed E-state index contributed by atoms with van der Waals surface area (Å²) in [5.74, 6) is -3.13. The van der Waals surface area contributed by atoms with E-state index in [-0.39, 0.29) is 30.7 Å². The van der Waals surface area contributed by atoms with Crippen LogP contribution in [0.4, 0.5) is 8.78 Å². The van der Waals surface area contributed by atoms with Gasteiger partial charge in [0.15, 0.2) is 0 Å². The molecule has 8 heteroatoms. The zero-order valence-corrected chi connectivity index (χ0v) is 17.0. The maximum atomic E-state index is 13.2. The van der Waals surface area contributed by atoms with Gasteiger partial charge in [-0.05, 0) is 37.1 Å². The largest absolute Gasteiger partial charge is 0.351 e. The molecule has 1 unspecified atom stereocenters. The minimum Gasteiger partial charge on any atom is -0.351 e. The van der Waals surface area contributed by atoms with Crippen LogP contribution >= 0.6 is 24.8 Å². The van der Waals surface area contributed by atoms with Gasteiger partial charge in [0.1, 0.15) is 0 Å². The summed E-state index contributed by atoms with van der Waals surface area (Å²) < 4.78 is 26.4. The standard InChI is InChI=1S/C19H27F2N3O.2ClH/c20-19(21)11-17(23-14-19)18(25)22-12-15-6-5-7-16(10-15)13-24-8-3-1-2-4-9-24;;/h5-7,10,17,23H,1-4,8-9,11-14H2,(H,22,25);2*1H. The first-order valence-corrected chi connectivity index (χ1v) is 9.21. The molecule has 1 aromatic carbocycles. The predicted octanol–water partition coefficient (Wildman–Crippen LogP) is 3.52. The van der Waals surface area contributed by atoms with E-state index in [1.165, 1.54) is 31.2 Å². The third kappa shape index (κ3) is 7.53. The SMILES string of the molecule is Cl.Cl.O=C(NCc1cccc(CN2CCCCCC2)c1)C1CC(F)(F)CN1. The van der Waals surface area contributed by atoms with Crippen LogP contribution < -0.4 is 10.6 Å².